The van der Waals surface area contributed by atoms with Crippen LogP contribution in [0.25, 0.3) is 0 Å². The second-order valence-electron chi connectivity index (χ2n) is 9.83. The van der Waals surface area contributed by atoms with E-state index in [1.807, 2.05) is 13.0 Å². The highest BCUT2D eigenvalue weighted by molar-refractivity contribution is 8.07. The number of carbonyl (C=O) groups is 1. The zero-order valence-corrected chi connectivity index (χ0v) is 36.5. The van der Waals surface area contributed by atoms with E-state index in [0.717, 1.165) is 0 Å². The van der Waals surface area contributed by atoms with Gasteiger partial charge in [0, 0.05) is 58.7 Å². The summed E-state index contributed by atoms with van der Waals surface area (Å²) in [6.07, 6.45) is 0.579. The van der Waals surface area contributed by atoms with Crippen molar-refractivity contribution in [1.29, 1.82) is 0 Å². The Labute approximate surface area is 334 Å². The summed E-state index contributed by atoms with van der Waals surface area (Å²) in [5, 5.41) is 10.7. The molecule has 21 heteroatoms. The molecule has 2 atom stereocenters. The zero-order valence-electron chi connectivity index (χ0n) is 28.5. The SMILES string of the molecule is CCc1cc([N+](=O)[O-])ccc1C(=O)c1ccccc1.OP(O)(=S)Oc1ccccc1.OP(O)(=S)Oc1ccccc1.OP(O)(=S)Oc1ccccc1.P.P. The van der Waals surface area contributed by atoms with Crippen LogP contribution >= 0.6 is 40.0 Å². The third-order valence-corrected chi connectivity index (χ3v) is 7.88. The minimum Gasteiger partial charge on any atom is -0.424 e. The van der Waals surface area contributed by atoms with Gasteiger partial charge >= 0.3 is 20.2 Å². The van der Waals surface area contributed by atoms with E-state index in [0.29, 0.717) is 40.4 Å². The standard InChI is InChI=1S/C15H13NO3.3C6H7O3PS.2H3P/c1-2-11-10-13(16(18)19)8-9-14(11)15(17)12-6-4-3-5-7-12;3*7-10(8,11)9-6-4-2-1-3-5-6;;/h3-10H,2H2,1H3;3*1-5H,(H2,7,8,11);2*1H3. The molecule has 0 spiro atoms. The lowest BCUT2D eigenvalue weighted by molar-refractivity contribution is -0.384. The van der Waals surface area contributed by atoms with Gasteiger partial charge in [-0.05, 0) is 54.4 Å². The van der Waals surface area contributed by atoms with Crippen LogP contribution in [-0.2, 0) is 41.8 Å². The van der Waals surface area contributed by atoms with Crippen molar-refractivity contribution in [3.63, 3.8) is 0 Å². The third kappa shape index (κ3) is 22.5. The summed E-state index contributed by atoms with van der Waals surface area (Å²) in [6, 6.07) is 38.6. The lowest BCUT2D eigenvalue weighted by atomic mass is 9.96. The van der Waals surface area contributed by atoms with E-state index in [1.165, 1.54) is 18.2 Å². The maximum atomic E-state index is 12.3. The average Bonchev–Trinajstić information content (AvgIpc) is 3.08. The first-order chi connectivity index (χ1) is 24.4. The Morgan fingerprint density at radius 2 is 0.907 bits per heavy atom. The van der Waals surface area contributed by atoms with Gasteiger partial charge in [0.05, 0.1) is 4.92 Å². The number of nitrogens with zero attached hydrogens (tertiary/aromatic N) is 1. The molecule has 0 aliphatic rings. The van der Waals surface area contributed by atoms with Crippen LogP contribution in [0.2, 0.25) is 0 Å². The van der Waals surface area contributed by atoms with Gasteiger partial charge in [-0.2, -0.15) is 19.8 Å². The second-order valence-corrected chi connectivity index (χ2v) is 17.6. The summed E-state index contributed by atoms with van der Waals surface area (Å²) in [5.74, 6) is 1.02. The number of hydrogen-bond donors (Lipinski definition) is 6. The Morgan fingerprint density at radius 1 is 0.593 bits per heavy atom. The second kappa shape index (κ2) is 25.3. The van der Waals surface area contributed by atoms with Crippen molar-refractivity contribution in [2.75, 3.05) is 0 Å². The average molecular weight is 894 g/mol. The number of ketones is 1. The number of para-hydroxylation sites is 3. The predicted octanol–water partition coefficient (Wildman–Crippen LogP) is 7.33. The summed E-state index contributed by atoms with van der Waals surface area (Å²) in [5.41, 5.74) is 1.83. The molecule has 0 aliphatic carbocycles. The van der Waals surface area contributed by atoms with Crippen molar-refractivity contribution in [2.45, 2.75) is 13.3 Å². The molecular formula is C33H40NO12P5S3. The fourth-order valence-electron chi connectivity index (χ4n) is 3.81. The van der Waals surface area contributed by atoms with Crippen molar-refractivity contribution >= 4 is 86.8 Å². The lowest BCUT2D eigenvalue weighted by Gasteiger charge is -2.08. The minimum atomic E-state index is -3.55. The van der Waals surface area contributed by atoms with Gasteiger partial charge in [-0.15, -0.1) is 0 Å². The molecule has 0 amide bonds. The van der Waals surface area contributed by atoms with Gasteiger partial charge in [-0.1, -0.05) is 91.9 Å². The van der Waals surface area contributed by atoms with Crippen LogP contribution in [-0.4, -0.2) is 40.1 Å². The highest BCUT2D eigenvalue weighted by Gasteiger charge is 2.16. The van der Waals surface area contributed by atoms with E-state index in [4.69, 9.17) is 29.4 Å². The van der Waals surface area contributed by atoms with Crippen molar-refractivity contribution < 1.29 is 52.6 Å². The molecule has 13 nitrogen and oxygen atoms in total. The maximum Gasteiger partial charge on any atom is 0.375 e. The minimum absolute atomic E-state index is 0. The van der Waals surface area contributed by atoms with Crippen molar-refractivity contribution in [1.82, 2.24) is 0 Å². The van der Waals surface area contributed by atoms with Gasteiger partial charge < -0.3 is 42.9 Å². The van der Waals surface area contributed by atoms with Gasteiger partial charge in [0.15, 0.2) is 5.78 Å². The van der Waals surface area contributed by atoms with Gasteiger partial charge in [0.25, 0.3) is 5.69 Å². The number of carbonyl (C=O) groups excluding carboxylic acids is 1. The monoisotopic (exact) mass is 893 g/mol. The van der Waals surface area contributed by atoms with E-state index >= 15 is 0 Å². The fraction of sp³-hybridized carbons (Fsp3) is 0.0606. The highest BCUT2D eigenvalue weighted by Crippen LogP contribution is 2.39. The van der Waals surface area contributed by atoms with E-state index in [-0.39, 0.29) is 31.3 Å². The smallest absolute Gasteiger partial charge is 0.375 e. The van der Waals surface area contributed by atoms with Gasteiger partial charge in [0.2, 0.25) is 0 Å². The molecule has 54 heavy (non-hydrogen) atoms. The molecule has 5 aromatic rings. The molecule has 2 unspecified atom stereocenters. The largest absolute Gasteiger partial charge is 0.424 e. The van der Waals surface area contributed by atoms with Crippen LogP contribution in [0, 0.1) is 10.1 Å². The molecule has 0 bridgehead atoms. The molecule has 0 heterocycles. The van der Waals surface area contributed by atoms with Crippen LogP contribution in [0.1, 0.15) is 28.4 Å². The van der Waals surface area contributed by atoms with Gasteiger partial charge in [-0.3, -0.25) is 14.9 Å². The zero-order chi connectivity index (χ0) is 38.8. The molecule has 5 rings (SSSR count). The molecule has 0 saturated carbocycles. The van der Waals surface area contributed by atoms with Gasteiger partial charge in [-0.25, -0.2) is 0 Å². The Bertz CT molecular complexity index is 1860. The molecule has 5 aromatic carbocycles. The topological polar surface area (TPSA) is 209 Å². The molecule has 0 aliphatic heterocycles. The molecule has 292 valence electrons. The van der Waals surface area contributed by atoms with E-state index in [1.54, 1.807) is 115 Å². The van der Waals surface area contributed by atoms with E-state index in [2.05, 4.69) is 49.0 Å². The Balaban J connectivity index is 0.000000710. The molecule has 0 radical (unpaired) electrons. The summed E-state index contributed by atoms with van der Waals surface area (Å²) >= 11 is 12.8. The summed E-state index contributed by atoms with van der Waals surface area (Å²) in [4.78, 5) is 75.0. The number of benzene rings is 5. The first kappa shape index (κ1) is 51.1. The summed E-state index contributed by atoms with van der Waals surface area (Å²) in [6.45, 7) is -8.79. The Morgan fingerprint density at radius 3 is 1.19 bits per heavy atom. The fourth-order valence-corrected chi connectivity index (χ4v) is 5.77. The number of aryl methyl sites for hydroxylation is 1. The van der Waals surface area contributed by atoms with Crippen molar-refractivity contribution in [2.24, 2.45) is 0 Å². The summed E-state index contributed by atoms with van der Waals surface area (Å²) in [7, 11) is 0. The van der Waals surface area contributed by atoms with Crippen molar-refractivity contribution in [3.05, 3.63) is 166 Å². The normalized spacial score (nSPS) is 10.4. The van der Waals surface area contributed by atoms with E-state index in [9.17, 15) is 14.9 Å². The van der Waals surface area contributed by atoms with Crippen LogP contribution in [0.5, 0.6) is 17.2 Å². The van der Waals surface area contributed by atoms with Crippen LogP contribution in [0.15, 0.2) is 140 Å². The molecule has 6 N–H and O–H groups in total. The predicted molar refractivity (Wildman–Crippen MR) is 232 cm³/mol. The maximum absolute atomic E-state index is 12.3. The number of rotatable bonds is 10. The Kier molecular flexibility index (Phi) is 24.0. The first-order valence-electron chi connectivity index (χ1n) is 14.6. The number of non-ortho nitro benzene ring substituents is 1. The van der Waals surface area contributed by atoms with Crippen LogP contribution < -0.4 is 13.6 Å². The highest BCUT2D eigenvalue weighted by atomic mass is 32.5. The third-order valence-electron chi connectivity index (χ3n) is 5.86. The number of hydrogen-bond acceptors (Lipinski definition) is 9. The van der Waals surface area contributed by atoms with E-state index < -0.39 is 25.1 Å². The Hall–Kier alpha value is -2.86. The lowest BCUT2D eigenvalue weighted by Crippen LogP contribution is -2.05. The van der Waals surface area contributed by atoms with Crippen LogP contribution in [0.4, 0.5) is 5.69 Å². The number of nitro groups is 1. The molecule has 0 saturated heterocycles. The molecule has 0 fully saturated rings. The van der Waals surface area contributed by atoms with Crippen molar-refractivity contribution in [3.8, 4) is 17.2 Å². The summed E-state index contributed by atoms with van der Waals surface area (Å²) < 4.78 is 13.9. The van der Waals surface area contributed by atoms with Crippen LogP contribution in [0.3, 0.4) is 0 Å². The number of nitro benzene ring substituents is 1. The van der Waals surface area contributed by atoms with Gasteiger partial charge in [0.1, 0.15) is 17.2 Å². The quantitative estimate of drug-likeness (QED) is 0.0351. The molecule has 0 aromatic heterocycles. The first-order valence-corrected chi connectivity index (χ1v) is 22.5. The molecular weight excluding hydrogens is 853 g/mol.